The molecule has 0 bridgehead atoms. The maximum absolute atomic E-state index is 11.4. The number of carbonyl (C=O) groups excluding carboxylic acids is 1. The molecule has 1 aliphatic rings. The van der Waals surface area contributed by atoms with Crippen molar-refractivity contribution in [1.82, 2.24) is 5.32 Å². The van der Waals surface area contributed by atoms with Gasteiger partial charge in [0.1, 0.15) is 0 Å². The van der Waals surface area contributed by atoms with Gasteiger partial charge in [0.15, 0.2) is 0 Å². The fraction of sp³-hybridized carbons (Fsp3) is 0.900. The van der Waals surface area contributed by atoms with Crippen LogP contribution in [0.25, 0.3) is 0 Å². The van der Waals surface area contributed by atoms with Gasteiger partial charge in [-0.2, -0.15) is 11.8 Å². The third-order valence-electron chi connectivity index (χ3n) is 2.33. The highest BCUT2D eigenvalue weighted by Crippen LogP contribution is 2.17. The predicted molar refractivity (Wildman–Crippen MR) is 61.4 cm³/mol. The van der Waals surface area contributed by atoms with E-state index in [4.69, 9.17) is 5.73 Å². The highest BCUT2D eigenvalue weighted by molar-refractivity contribution is 7.99. The lowest BCUT2D eigenvalue weighted by Gasteiger charge is -2.11. The Balaban J connectivity index is 2.03. The number of hydrogen-bond donors (Lipinski definition) is 2. The zero-order valence-corrected chi connectivity index (χ0v) is 9.61. The molecule has 1 unspecified atom stereocenters. The van der Waals surface area contributed by atoms with Gasteiger partial charge in [-0.05, 0) is 19.8 Å². The van der Waals surface area contributed by atoms with Gasteiger partial charge in [-0.25, -0.2) is 0 Å². The Morgan fingerprint density at radius 2 is 2.21 bits per heavy atom. The van der Waals surface area contributed by atoms with Crippen molar-refractivity contribution in [2.24, 2.45) is 5.73 Å². The summed E-state index contributed by atoms with van der Waals surface area (Å²) in [7, 11) is 0. The predicted octanol–water partition coefficient (Wildman–Crippen LogP) is 1.13. The van der Waals surface area contributed by atoms with E-state index in [0.717, 1.165) is 18.6 Å². The summed E-state index contributed by atoms with van der Waals surface area (Å²) in [5.41, 5.74) is 5.59. The van der Waals surface area contributed by atoms with Crippen LogP contribution in [0.15, 0.2) is 0 Å². The Bertz CT molecular complexity index is 179. The summed E-state index contributed by atoms with van der Waals surface area (Å²) < 4.78 is 0. The Morgan fingerprint density at radius 1 is 1.57 bits per heavy atom. The van der Waals surface area contributed by atoms with E-state index in [1.807, 2.05) is 6.92 Å². The molecule has 0 spiro atoms. The molecule has 0 aliphatic heterocycles. The number of rotatable bonds is 5. The lowest BCUT2D eigenvalue weighted by atomic mass is 10.2. The summed E-state index contributed by atoms with van der Waals surface area (Å²) in [6.07, 6.45) is 4.84. The normalized spacial score (nSPS) is 19.6. The number of carbonyl (C=O) groups is 1. The topological polar surface area (TPSA) is 55.1 Å². The average molecular weight is 216 g/mol. The molecule has 1 rings (SSSR count). The second-order valence-electron chi connectivity index (χ2n) is 4.04. The third-order valence-corrected chi connectivity index (χ3v) is 3.56. The quantitative estimate of drug-likeness (QED) is 0.724. The van der Waals surface area contributed by atoms with Gasteiger partial charge in [0.2, 0.25) is 5.91 Å². The van der Waals surface area contributed by atoms with E-state index < -0.39 is 0 Å². The second kappa shape index (κ2) is 6.30. The molecule has 1 aliphatic carbocycles. The lowest BCUT2D eigenvalue weighted by Crippen LogP contribution is -2.34. The summed E-state index contributed by atoms with van der Waals surface area (Å²) in [6.45, 7) is 1.96. The minimum Gasteiger partial charge on any atom is -0.353 e. The number of nitrogens with one attached hydrogen (secondary N) is 1. The molecule has 0 heterocycles. The molecular weight excluding hydrogens is 196 g/mol. The molecule has 3 nitrogen and oxygen atoms in total. The van der Waals surface area contributed by atoms with Crippen LogP contribution < -0.4 is 11.1 Å². The number of nitrogens with two attached hydrogens (primary N) is 1. The Hall–Kier alpha value is -0.220. The highest BCUT2D eigenvalue weighted by atomic mass is 32.2. The average Bonchev–Trinajstić information content (AvgIpc) is 2.56. The minimum absolute atomic E-state index is 0.169. The zero-order chi connectivity index (χ0) is 10.4. The Kier molecular flexibility index (Phi) is 5.33. The summed E-state index contributed by atoms with van der Waals surface area (Å²) in [5.74, 6) is 1.58. The molecule has 1 fully saturated rings. The van der Waals surface area contributed by atoms with Crippen LogP contribution in [0.5, 0.6) is 0 Å². The molecule has 0 aromatic carbocycles. The van der Waals surface area contributed by atoms with Gasteiger partial charge in [-0.15, -0.1) is 0 Å². The maximum Gasteiger partial charge on any atom is 0.230 e. The van der Waals surface area contributed by atoms with Crippen LogP contribution in [0.1, 0.15) is 32.6 Å². The second-order valence-corrected chi connectivity index (χ2v) is 5.07. The van der Waals surface area contributed by atoms with Crippen LogP contribution in [0.2, 0.25) is 0 Å². The first-order valence-electron chi connectivity index (χ1n) is 5.31. The fourth-order valence-electron chi connectivity index (χ4n) is 1.68. The van der Waals surface area contributed by atoms with Crippen LogP contribution in [0.4, 0.5) is 0 Å². The number of thioether (sulfide) groups is 1. The van der Waals surface area contributed by atoms with Crippen molar-refractivity contribution in [1.29, 1.82) is 0 Å². The van der Waals surface area contributed by atoms with Crippen molar-refractivity contribution in [3.63, 3.8) is 0 Å². The molecule has 14 heavy (non-hydrogen) atoms. The summed E-state index contributed by atoms with van der Waals surface area (Å²) in [6, 6.07) is 0.623. The van der Waals surface area contributed by atoms with Gasteiger partial charge in [-0.1, -0.05) is 12.8 Å². The molecule has 0 radical (unpaired) electrons. The molecule has 1 atom stereocenters. The van der Waals surface area contributed by atoms with Gasteiger partial charge in [0.25, 0.3) is 0 Å². The highest BCUT2D eigenvalue weighted by Gasteiger charge is 2.16. The first-order chi connectivity index (χ1) is 6.68. The SMILES string of the molecule is CC(N)CSCC(=O)NC1CCCC1. The van der Waals surface area contributed by atoms with Gasteiger partial charge < -0.3 is 11.1 Å². The van der Waals surface area contributed by atoms with Crippen molar-refractivity contribution in [3.05, 3.63) is 0 Å². The minimum atomic E-state index is 0.169. The van der Waals surface area contributed by atoms with E-state index in [-0.39, 0.29) is 11.9 Å². The summed E-state index contributed by atoms with van der Waals surface area (Å²) in [4.78, 5) is 11.4. The largest absolute Gasteiger partial charge is 0.353 e. The van der Waals surface area contributed by atoms with Crippen molar-refractivity contribution in [3.8, 4) is 0 Å². The van der Waals surface area contributed by atoms with E-state index >= 15 is 0 Å². The van der Waals surface area contributed by atoms with Crippen molar-refractivity contribution >= 4 is 17.7 Å². The zero-order valence-electron chi connectivity index (χ0n) is 8.79. The summed E-state index contributed by atoms with van der Waals surface area (Å²) >= 11 is 1.62. The molecule has 1 amide bonds. The van der Waals surface area contributed by atoms with Crippen LogP contribution in [0, 0.1) is 0 Å². The van der Waals surface area contributed by atoms with Crippen molar-refractivity contribution in [2.45, 2.75) is 44.7 Å². The van der Waals surface area contributed by atoms with Crippen molar-refractivity contribution in [2.75, 3.05) is 11.5 Å². The van der Waals surface area contributed by atoms with E-state index in [2.05, 4.69) is 5.32 Å². The number of amides is 1. The smallest absolute Gasteiger partial charge is 0.230 e. The first-order valence-corrected chi connectivity index (χ1v) is 6.46. The van der Waals surface area contributed by atoms with E-state index in [0.29, 0.717) is 11.8 Å². The van der Waals surface area contributed by atoms with Gasteiger partial charge >= 0.3 is 0 Å². The molecule has 82 valence electrons. The maximum atomic E-state index is 11.4. The van der Waals surface area contributed by atoms with Crippen LogP contribution >= 0.6 is 11.8 Å². The standard InChI is InChI=1S/C10H20N2OS/c1-8(11)6-14-7-10(13)12-9-4-2-3-5-9/h8-9H,2-7,11H2,1H3,(H,12,13). The molecule has 0 aromatic heterocycles. The lowest BCUT2D eigenvalue weighted by molar-refractivity contribution is -0.119. The van der Waals surface area contributed by atoms with Gasteiger partial charge in [-0.3, -0.25) is 4.79 Å². The van der Waals surface area contributed by atoms with Crippen LogP contribution in [-0.2, 0) is 4.79 Å². The van der Waals surface area contributed by atoms with Crippen molar-refractivity contribution < 1.29 is 4.79 Å². The molecule has 4 heteroatoms. The Labute approximate surface area is 90.2 Å². The molecule has 0 aromatic rings. The van der Waals surface area contributed by atoms with Crippen LogP contribution in [-0.4, -0.2) is 29.5 Å². The van der Waals surface area contributed by atoms with E-state index in [1.165, 1.54) is 12.8 Å². The summed E-state index contributed by atoms with van der Waals surface area (Å²) in [5, 5.41) is 3.05. The molecular formula is C10H20N2OS. The van der Waals surface area contributed by atoms with E-state index in [1.54, 1.807) is 11.8 Å². The molecule has 3 N–H and O–H groups in total. The van der Waals surface area contributed by atoms with Gasteiger partial charge in [0.05, 0.1) is 5.75 Å². The Morgan fingerprint density at radius 3 is 2.79 bits per heavy atom. The molecule has 0 saturated heterocycles. The molecule has 1 saturated carbocycles. The van der Waals surface area contributed by atoms with E-state index in [9.17, 15) is 4.79 Å². The fourth-order valence-corrected chi connectivity index (χ4v) is 2.44. The van der Waals surface area contributed by atoms with Gasteiger partial charge in [0, 0.05) is 17.8 Å². The first kappa shape index (κ1) is 11.9. The monoisotopic (exact) mass is 216 g/mol. The third kappa shape index (κ3) is 4.86. The van der Waals surface area contributed by atoms with Crippen LogP contribution in [0.3, 0.4) is 0 Å². The number of hydrogen-bond acceptors (Lipinski definition) is 3.